The Morgan fingerprint density at radius 1 is 1.16 bits per heavy atom. The number of benzene rings is 1. The van der Waals surface area contributed by atoms with Crippen LogP contribution in [-0.4, -0.2) is 24.5 Å². The minimum atomic E-state index is -0.00811. The summed E-state index contributed by atoms with van der Waals surface area (Å²) in [6.07, 6.45) is 3.43. The number of nitrogens with one attached hydrogen (secondary N) is 1. The van der Waals surface area contributed by atoms with Crippen LogP contribution in [0.15, 0.2) is 38.5 Å². The Morgan fingerprint density at radius 2 is 2.00 bits per heavy atom. The summed E-state index contributed by atoms with van der Waals surface area (Å²) in [6.45, 7) is 4.05. The first-order valence-corrected chi connectivity index (χ1v) is 7.54. The van der Waals surface area contributed by atoms with E-state index in [1.54, 1.807) is 12.4 Å². The molecule has 0 bridgehead atoms. The van der Waals surface area contributed by atoms with Crippen LogP contribution >= 0.6 is 0 Å². The molecule has 1 aliphatic heterocycles. The molecule has 6 heteroatoms. The number of nitrogens with zero attached hydrogens (tertiary/aromatic N) is 4. The SMILES string of the molecule is Cc1nccnc1C(C)Nc1cccc2c1N=[Se]=N2. The van der Waals surface area contributed by atoms with Crippen LogP contribution in [0.1, 0.15) is 24.4 Å². The molecule has 3 rings (SSSR count). The molecule has 2 heterocycles. The van der Waals surface area contributed by atoms with Gasteiger partial charge in [0.25, 0.3) is 0 Å². The molecule has 1 aromatic heterocycles. The summed E-state index contributed by atoms with van der Waals surface area (Å²) in [4.78, 5) is 8.67. The zero-order valence-electron chi connectivity index (χ0n) is 10.7. The predicted molar refractivity (Wildman–Crippen MR) is 75.2 cm³/mol. The van der Waals surface area contributed by atoms with E-state index in [1.807, 2.05) is 25.1 Å². The standard InChI is InChI=1S/C13H13N5Se/c1-8-12(15-7-6-14-8)9(2)16-10-4-3-5-11-13(10)18-19-17-11/h3-7,9,16H,1-2H3. The third-order valence-electron chi connectivity index (χ3n) is 2.99. The quantitative estimate of drug-likeness (QED) is 0.754. The number of hydrogen-bond donors (Lipinski definition) is 1. The van der Waals surface area contributed by atoms with Gasteiger partial charge in [-0.1, -0.05) is 0 Å². The van der Waals surface area contributed by atoms with Gasteiger partial charge < -0.3 is 0 Å². The van der Waals surface area contributed by atoms with E-state index in [9.17, 15) is 0 Å². The van der Waals surface area contributed by atoms with Crippen LogP contribution in [-0.2, 0) is 0 Å². The van der Waals surface area contributed by atoms with Gasteiger partial charge in [0, 0.05) is 0 Å². The Morgan fingerprint density at radius 3 is 2.84 bits per heavy atom. The summed E-state index contributed by atoms with van der Waals surface area (Å²) in [5.74, 6) is 0. The van der Waals surface area contributed by atoms with Crippen molar-refractivity contribution in [3.8, 4) is 0 Å². The molecule has 0 aliphatic carbocycles. The average Bonchev–Trinajstić information content (AvgIpc) is 2.88. The number of rotatable bonds is 3. The van der Waals surface area contributed by atoms with Crippen molar-refractivity contribution in [3.63, 3.8) is 0 Å². The molecule has 1 unspecified atom stereocenters. The zero-order valence-corrected chi connectivity index (χ0v) is 12.4. The van der Waals surface area contributed by atoms with Gasteiger partial charge in [-0.25, -0.2) is 0 Å². The van der Waals surface area contributed by atoms with Crippen LogP contribution in [0.4, 0.5) is 17.1 Å². The molecule has 19 heavy (non-hydrogen) atoms. The number of hydrogen-bond acceptors (Lipinski definition) is 5. The molecule has 96 valence electrons. The monoisotopic (exact) mass is 319 g/mol. The Kier molecular flexibility index (Phi) is 3.27. The number of aryl methyl sites for hydroxylation is 1. The average molecular weight is 318 g/mol. The molecule has 1 atom stereocenters. The molecule has 0 amide bonds. The molecule has 0 saturated heterocycles. The van der Waals surface area contributed by atoms with Crippen molar-refractivity contribution in [2.45, 2.75) is 19.9 Å². The molecule has 0 saturated carbocycles. The normalized spacial score (nSPS) is 13.8. The maximum atomic E-state index is 4.47. The van der Waals surface area contributed by atoms with E-state index in [2.05, 4.69) is 30.1 Å². The predicted octanol–water partition coefficient (Wildman–Crippen LogP) is 3.31. The minimum absolute atomic E-state index is 0.00811. The van der Waals surface area contributed by atoms with Crippen molar-refractivity contribution >= 4 is 31.6 Å². The Labute approximate surface area is 117 Å². The van der Waals surface area contributed by atoms with Crippen LogP contribution < -0.4 is 5.32 Å². The van der Waals surface area contributed by atoms with E-state index >= 15 is 0 Å². The van der Waals surface area contributed by atoms with E-state index in [4.69, 9.17) is 0 Å². The second kappa shape index (κ2) is 5.07. The van der Waals surface area contributed by atoms with Crippen LogP contribution in [0.2, 0.25) is 0 Å². The summed E-state index contributed by atoms with van der Waals surface area (Å²) in [7, 11) is 0. The maximum absolute atomic E-state index is 4.47. The van der Waals surface area contributed by atoms with Crippen LogP contribution in [0.3, 0.4) is 0 Å². The van der Waals surface area contributed by atoms with Crippen molar-refractivity contribution in [1.82, 2.24) is 9.97 Å². The van der Waals surface area contributed by atoms with E-state index in [0.717, 1.165) is 28.5 Å². The van der Waals surface area contributed by atoms with Gasteiger partial charge in [0.15, 0.2) is 0 Å². The van der Waals surface area contributed by atoms with Crippen molar-refractivity contribution in [3.05, 3.63) is 42.0 Å². The molecule has 1 N–H and O–H groups in total. The fourth-order valence-electron chi connectivity index (χ4n) is 2.07. The van der Waals surface area contributed by atoms with Gasteiger partial charge in [0.2, 0.25) is 0 Å². The number of anilines is 1. The van der Waals surface area contributed by atoms with Crippen molar-refractivity contribution in [1.29, 1.82) is 0 Å². The Hall–Kier alpha value is -1.78. The van der Waals surface area contributed by atoms with Crippen molar-refractivity contribution < 1.29 is 0 Å². The first-order chi connectivity index (χ1) is 9.25. The molecule has 5 nitrogen and oxygen atoms in total. The molecular formula is C13H13N5Se. The molecule has 1 aliphatic rings. The first kappa shape index (κ1) is 12.3. The topological polar surface area (TPSA) is 62.5 Å². The summed E-state index contributed by atoms with van der Waals surface area (Å²) in [5, 5.41) is 3.45. The van der Waals surface area contributed by atoms with Gasteiger partial charge in [-0.3, -0.25) is 0 Å². The first-order valence-electron chi connectivity index (χ1n) is 6.01. The number of aromatic nitrogens is 2. The van der Waals surface area contributed by atoms with E-state index in [0.29, 0.717) is 0 Å². The van der Waals surface area contributed by atoms with Gasteiger partial charge in [0.1, 0.15) is 0 Å². The van der Waals surface area contributed by atoms with Gasteiger partial charge in [-0.15, -0.1) is 0 Å². The van der Waals surface area contributed by atoms with Gasteiger partial charge >= 0.3 is 117 Å². The molecule has 0 radical (unpaired) electrons. The number of fused-ring (bicyclic) bond motifs is 1. The van der Waals surface area contributed by atoms with E-state index < -0.39 is 0 Å². The summed E-state index contributed by atoms with van der Waals surface area (Å²) < 4.78 is 8.85. The Balaban J connectivity index is 1.89. The summed E-state index contributed by atoms with van der Waals surface area (Å²) >= 11 is -0.00811. The molecule has 0 spiro atoms. The van der Waals surface area contributed by atoms with Crippen molar-refractivity contribution in [2.24, 2.45) is 7.92 Å². The third-order valence-corrected chi connectivity index (χ3v) is 4.13. The summed E-state index contributed by atoms with van der Waals surface area (Å²) in [6, 6.07) is 6.11. The molecular weight excluding hydrogens is 305 g/mol. The molecule has 1 aromatic carbocycles. The fraction of sp³-hybridized carbons (Fsp3) is 0.231. The van der Waals surface area contributed by atoms with Gasteiger partial charge in [0.05, 0.1) is 0 Å². The van der Waals surface area contributed by atoms with Gasteiger partial charge in [-0.05, 0) is 0 Å². The Bertz CT molecular complexity index is 691. The van der Waals surface area contributed by atoms with Crippen LogP contribution in [0.5, 0.6) is 0 Å². The van der Waals surface area contributed by atoms with Gasteiger partial charge in [-0.2, -0.15) is 0 Å². The summed E-state index contributed by atoms with van der Waals surface area (Å²) in [5.41, 5.74) is 4.86. The zero-order chi connectivity index (χ0) is 13.2. The van der Waals surface area contributed by atoms with Crippen LogP contribution in [0.25, 0.3) is 0 Å². The fourth-order valence-corrected chi connectivity index (χ4v) is 3.22. The molecule has 2 aromatic rings. The third kappa shape index (κ3) is 2.37. The second-order valence-electron chi connectivity index (χ2n) is 4.33. The van der Waals surface area contributed by atoms with Crippen LogP contribution in [0, 0.1) is 6.92 Å². The van der Waals surface area contributed by atoms with Crippen molar-refractivity contribution in [2.75, 3.05) is 5.32 Å². The van der Waals surface area contributed by atoms with E-state index in [-0.39, 0.29) is 20.6 Å². The van der Waals surface area contributed by atoms with E-state index in [1.165, 1.54) is 0 Å². The second-order valence-corrected chi connectivity index (χ2v) is 5.44. The molecule has 0 fully saturated rings.